The number of hydrogen-bond donors (Lipinski definition) is 0. The van der Waals surface area contributed by atoms with Crippen LogP contribution in [0.4, 0.5) is 0 Å². The van der Waals surface area contributed by atoms with Gasteiger partial charge < -0.3 is 9.42 Å². The van der Waals surface area contributed by atoms with E-state index in [1.807, 2.05) is 4.90 Å². The fourth-order valence-corrected chi connectivity index (χ4v) is 4.16. The molecule has 1 aliphatic heterocycles. The fourth-order valence-electron chi connectivity index (χ4n) is 4.16. The number of carbonyl (C=O) groups excluding carboxylic acids is 1. The highest BCUT2D eigenvalue weighted by Gasteiger charge is 2.36. The molecule has 0 radical (unpaired) electrons. The monoisotopic (exact) mass is 317 g/mol. The van der Waals surface area contributed by atoms with Gasteiger partial charge in [0, 0.05) is 18.9 Å². The van der Waals surface area contributed by atoms with Crippen LogP contribution in [0.25, 0.3) is 0 Å². The molecule has 1 amide bonds. The van der Waals surface area contributed by atoms with Crippen molar-refractivity contribution in [3.05, 3.63) is 11.7 Å². The van der Waals surface area contributed by atoms with E-state index in [0.717, 1.165) is 37.5 Å². The zero-order valence-corrected chi connectivity index (χ0v) is 13.9. The van der Waals surface area contributed by atoms with Crippen LogP contribution in [0, 0.1) is 5.92 Å². The van der Waals surface area contributed by atoms with E-state index in [1.165, 1.54) is 44.9 Å². The number of carbonyl (C=O) groups is 1. The standard InChI is InChI=1S/C18H27N3O2/c22-16(11-8-13-5-2-1-3-6-13)21-12-4-7-15(21)18-19-17(20-23-18)14-9-10-14/h13-15H,1-12H2. The molecule has 5 nitrogen and oxygen atoms in total. The summed E-state index contributed by atoms with van der Waals surface area (Å²) < 4.78 is 5.47. The lowest BCUT2D eigenvalue weighted by molar-refractivity contribution is -0.133. The largest absolute Gasteiger partial charge is 0.337 e. The molecular weight excluding hydrogens is 290 g/mol. The molecule has 2 aliphatic carbocycles. The molecule has 1 aromatic rings. The van der Waals surface area contributed by atoms with Crippen molar-refractivity contribution in [3.8, 4) is 0 Å². The maximum Gasteiger partial charge on any atom is 0.249 e. The molecule has 0 N–H and O–H groups in total. The second kappa shape index (κ2) is 6.62. The van der Waals surface area contributed by atoms with Gasteiger partial charge in [0.25, 0.3) is 0 Å². The summed E-state index contributed by atoms with van der Waals surface area (Å²) in [5.74, 6) is 3.06. The average Bonchev–Trinajstić information content (AvgIpc) is 3.12. The lowest BCUT2D eigenvalue weighted by Crippen LogP contribution is -2.31. The topological polar surface area (TPSA) is 59.2 Å². The molecule has 2 saturated carbocycles. The first kappa shape index (κ1) is 15.2. The molecule has 23 heavy (non-hydrogen) atoms. The van der Waals surface area contributed by atoms with Gasteiger partial charge >= 0.3 is 0 Å². The third kappa shape index (κ3) is 3.43. The van der Waals surface area contributed by atoms with Crippen LogP contribution in [-0.4, -0.2) is 27.5 Å². The van der Waals surface area contributed by atoms with Crippen molar-refractivity contribution >= 4 is 5.91 Å². The second-order valence-electron chi connectivity index (χ2n) is 7.55. The van der Waals surface area contributed by atoms with E-state index in [2.05, 4.69) is 10.1 Å². The van der Waals surface area contributed by atoms with Crippen LogP contribution in [0.5, 0.6) is 0 Å². The summed E-state index contributed by atoms with van der Waals surface area (Å²) in [5, 5.41) is 4.11. The van der Waals surface area contributed by atoms with Gasteiger partial charge in [-0.05, 0) is 38.0 Å². The van der Waals surface area contributed by atoms with E-state index in [0.29, 0.717) is 18.2 Å². The maximum atomic E-state index is 12.7. The van der Waals surface area contributed by atoms with Gasteiger partial charge in [-0.15, -0.1) is 0 Å². The third-order valence-corrected chi connectivity index (χ3v) is 5.75. The first-order chi connectivity index (χ1) is 11.3. The van der Waals surface area contributed by atoms with Gasteiger partial charge in [0.15, 0.2) is 5.82 Å². The predicted octanol–water partition coefficient (Wildman–Crippen LogP) is 3.97. The summed E-state index contributed by atoms with van der Waals surface area (Å²) in [5.41, 5.74) is 0. The van der Waals surface area contributed by atoms with Crippen LogP contribution in [0.15, 0.2) is 4.52 Å². The van der Waals surface area contributed by atoms with Crippen molar-refractivity contribution in [1.29, 1.82) is 0 Å². The summed E-state index contributed by atoms with van der Waals surface area (Å²) in [7, 11) is 0. The number of nitrogens with zero attached hydrogens (tertiary/aromatic N) is 3. The SMILES string of the molecule is O=C(CCC1CCCCC1)N1CCCC1c1nc(C2CC2)no1. The normalized spacial score (nSPS) is 25.9. The average molecular weight is 317 g/mol. The van der Waals surface area contributed by atoms with Crippen LogP contribution in [-0.2, 0) is 4.79 Å². The summed E-state index contributed by atoms with van der Waals surface area (Å²) in [4.78, 5) is 19.2. The van der Waals surface area contributed by atoms with E-state index in [1.54, 1.807) is 0 Å². The minimum atomic E-state index is 0.0221. The molecule has 0 spiro atoms. The highest BCUT2D eigenvalue weighted by Crippen LogP contribution is 2.40. The number of aromatic nitrogens is 2. The van der Waals surface area contributed by atoms with E-state index in [9.17, 15) is 4.79 Å². The van der Waals surface area contributed by atoms with Crippen LogP contribution in [0.2, 0.25) is 0 Å². The molecule has 126 valence electrons. The van der Waals surface area contributed by atoms with Crippen molar-refractivity contribution in [3.63, 3.8) is 0 Å². The summed E-state index contributed by atoms with van der Waals surface area (Å²) in [6, 6.07) is 0.0221. The smallest absolute Gasteiger partial charge is 0.249 e. The Bertz CT molecular complexity index is 546. The van der Waals surface area contributed by atoms with Crippen molar-refractivity contribution < 1.29 is 9.32 Å². The van der Waals surface area contributed by atoms with Crippen LogP contribution in [0.1, 0.15) is 94.3 Å². The van der Waals surface area contributed by atoms with Gasteiger partial charge in [-0.2, -0.15) is 4.98 Å². The Balaban J connectivity index is 1.35. The number of likely N-dealkylation sites (tertiary alicyclic amines) is 1. The van der Waals surface area contributed by atoms with Crippen molar-refractivity contribution in [2.45, 2.75) is 82.6 Å². The van der Waals surface area contributed by atoms with Crippen molar-refractivity contribution in [2.24, 2.45) is 5.92 Å². The Labute approximate surface area is 137 Å². The Morgan fingerprint density at radius 2 is 1.91 bits per heavy atom. The summed E-state index contributed by atoms with van der Waals surface area (Å²) in [6.07, 6.45) is 12.8. The fraction of sp³-hybridized carbons (Fsp3) is 0.833. The molecule has 1 aromatic heterocycles. The zero-order valence-electron chi connectivity index (χ0n) is 13.9. The Hall–Kier alpha value is -1.39. The number of rotatable bonds is 5. The van der Waals surface area contributed by atoms with Gasteiger partial charge in [-0.3, -0.25) is 4.79 Å². The molecule has 5 heteroatoms. The van der Waals surface area contributed by atoms with Crippen LogP contribution < -0.4 is 0 Å². The minimum absolute atomic E-state index is 0.0221. The molecule has 0 bridgehead atoms. The molecule has 4 rings (SSSR count). The molecule has 1 unspecified atom stereocenters. The number of hydrogen-bond acceptors (Lipinski definition) is 4. The minimum Gasteiger partial charge on any atom is -0.337 e. The molecule has 3 fully saturated rings. The summed E-state index contributed by atoms with van der Waals surface area (Å²) in [6.45, 7) is 0.843. The van der Waals surface area contributed by atoms with E-state index >= 15 is 0 Å². The van der Waals surface area contributed by atoms with Gasteiger partial charge in [-0.1, -0.05) is 37.3 Å². The lowest BCUT2D eigenvalue weighted by Gasteiger charge is -2.25. The first-order valence-electron chi connectivity index (χ1n) is 9.44. The van der Waals surface area contributed by atoms with Crippen molar-refractivity contribution in [1.82, 2.24) is 15.0 Å². The highest BCUT2D eigenvalue weighted by molar-refractivity contribution is 5.76. The van der Waals surface area contributed by atoms with Crippen LogP contribution >= 0.6 is 0 Å². The Kier molecular flexibility index (Phi) is 4.36. The van der Waals surface area contributed by atoms with E-state index < -0.39 is 0 Å². The first-order valence-corrected chi connectivity index (χ1v) is 9.44. The Morgan fingerprint density at radius 3 is 2.70 bits per heavy atom. The van der Waals surface area contributed by atoms with Gasteiger partial charge in [0.1, 0.15) is 6.04 Å². The second-order valence-corrected chi connectivity index (χ2v) is 7.55. The van der Waals surface area contributed by atoms with E-state index in [-0.39, 0.29) is 11.9 Å². The Morgan fingerprint density at radius 1 is 1.09 bits per heavy atom. The molecule has 3 aliphatic rings. The number of amides is 1. The van der Waals surface area contributed by atoms with E-state index in [4.69, 9.17) is 4.52 Å². The molecule has 0 aromatic carbocycles. The summed E-state index contributed by atoms with van der Waals surface area (Å²) >= 11 is 0. The maximum absolute atomic E-state index is 12.7. The third-order valence-electron chi connectivity index (χ3n) is 5.75. The molecule has 1 saturated heterocycles. The molecule has 2 heterocycles. The van der Waals surface area contributed by atoms with Gasteiger partial charge in [-0.25, -0.2) is 0 Å². The molecule has 1 atom stereocenters. The van der Waals surface area contributed by atoms with Crippen LogP contribution in [0.3, 0.4) is 0 Å². The quantitative estimate of drug-likeness (QED) is 0.824. The van der Waals surface area contributed by atoms with Gasteiger partial charge in [0.2, 0.25) is 11.8 Å². The van der Waals surface area contributed by atoms with Crippen molar-refractivity contribution in [2.75, 3.05) is 6.54 Å². The highest BCUT2D eigenvalue weighted by atomic mass is 16.5. The zero-order chi connectivity index (χ0) is 15.6. The van der Waals surface area contributed by atoms with Gasteiger partial charge in [0.05, 0.1) is 0 Å². The lowest BCUT2D eigenvalue weighted by atomic mass is 9.86. The molecular formula is C18H27N3O2. The predicted molar refractivity (Wildman–Crippen MR) is 85.8 cm³/mol.